The fourth-order valence-electron chi connectivity index (χ4n) is 3.25. The second-order valence-electron chi connectivity index (χ2n) is 6.45. The summed E-state index contributed by atoms with van der Waals surface area (Å²) >= 11 is 0. The molecule has 2 heterocycles. The summed E-state index contributed by atoms with van der Waals surface area (Å²) in [5, 5.41) is 3.02. The van der Waals surface area contributed by atoms with Gasteiger partial charge in [0.1, 0.15) is 0 Å². The highest BCUT2D eigenvalue weighted by Gasteiger charge is 2.14. The zero-order valence-corrected chi connectivity index (χ0v) is 14.5. The standard InChI is InChI=1S/C20H25N3O2/c24-19(12-16-23-15-8-5-11-20(23)25)21-17-9-3-4-10-18(17)22-13-6-1-2-7-14-22/h3-5,8-11,15H,1-2,6-7,12-14,16H2,(H,21,24). The Kier molecular flexibility index (Phi) is 5.88. The molecule has 0 saturated carbocycles. The number of rotatable bonds is 5. The lowest BCUT2D eigenvalue weighted by molar-refractivity contribution is -0.116. The van der Waals surface area contributed by atoms with Crippen LogP contribution in [0.4, 0.5) is 11.4 Å². The van der Waals surface area contributed by atoms with Crippen LogP contribution in [0.3, 0.4) is 0 Å². The lowest BCUT2D eigenvalue weighted by Gasteiger charge is -2.25. The number of nitrogens with zero attached hydrogens (tertiary/aromatic N) is 2. The third-order valence-corrected chi connectivity index (χ3v) is 4.60. The van der Waals surface area contributed by atoms with Gasteiger partial charge >= 0.3 is 0 Å². The Labute approximate surface area is 148 Å². The maximum Gasteiger partial charge on any atom is 0.250 e. The van der Waals surface area contributed by atoms with Gasteiger partial charge < -0.3 is 14.8 Å². The molecule has 1 aliphatic rings. The van der Waals surface area contributed by atoms with E-state index in [1.165, 1.54) is 31.7 Å². The molecule has 5 nitrogen and oxygen atoms in total. The molecule has 1 fully saturated rings. The Morgan fingerprint density at radius 2 is 1.68 bits per heavy atom. The Morgan fingerprint density at radius 1 is 0.960 bits per heavy atom. The number of nitrogens with one attached hydrogen (secondary N) is 1. The van der Waals surface area contributed by atoms with Gasteiger partial charge in [-0.2, -0.15) is 0 Å². The van der Waals surface area contributed by atoms with Crippen molar-refractivity contribution in [1.82, 2.24) is 4.57 Å². The first kappa shape index (κ1) is 17.3. The minimum Gasteiger partial charge on any atom is -0.370 e. The third-order valence-electron chi connectivity index (χ3n) is 4.60. The lowest BCUT2D eigenvalue weighted by atomic mass is 10.2. The first-order valence-corrected chi connectivity index (χ1v) is 9.03. The van der Waals surface area contributed by atoms with Crippen LogP contribution in [0.15, 0.2) is 53.5 Å². The first-order valence-electron chi connectivity index (χ1n) is 9.03. The van der Waals surface area contributed by atoms with Crippen molar-refractivity contribution in [2.24, 2.45) is 0 Å². The highest BCUT2D eigenvalue weighted by Crippen LogP contribution is 2.28. The van der Waals surface area contributed by atoms with E-state index >= 15 is 0 Å². The molecule has 1 saturated heterocycles. The molecule has 1 aromatic carbocycles. The van der Waals surface area contributed by atoms with Crippen LogP contribution in [0.5, 0.6) is 0 Å². The average Bonchev–Trinajstić information content (AvgIpc) is 2.91. The van der Waals surface area contributed by atoms with Crippen molar-refractivity contribution in [3.05, 3.63) is 59.0 Å². The molecule has 25 heavy (non-hydrogen) atoms. The number of anilines is 2. The Hall–Kier alpha value is -2.56. The number of para-hydroxylation sites is 2. The number of carbonyl (C=O) groups excluding carboxylic acids is 1. The van der Waals surface area contributed by atoms with E-state index in [0.29, 0.717) is 6.54 Å². The number of amides is 1. The maximum atomic E-state index is 12.4. The number of hydrogen-bond donors (Lipinski definition) is 1. The fraction of sp³-hybridized carbons (Fsp3) is 0.400. The first-order chi connectivity index (χ1) is 12.2. The summed E-state index contributed by atoms with van der Waals surface area (Å²) in [6, 6.07) is 13.0. The van der Waals surface area contributed by atoms with E-state index in [1.807, 2.05) is 18.2 Å². The number of carbonyl (C=O) groups is 1. The van der Waals surface area contributed by atoms with Gasteiger partial charge in [-0.1, -0.05) is 31.0 Å². The number of aromatic nitrogens is 1. The van der Waals surface area contributed by atoms with E-state index in [-0.39, 0.29) is 17.9 Å². The minimum absolute atomic E-state index is 0.0713. The van der Waals surface area contributed by atoms with Crippen LogP contribution in [-0.4, -0.2) is 23.6 Å². The number of pyridine rings is 1. The van der Waals surface area contributed by atoms with Crippen LogP contribution in [0.1, 0.15) is 32.1 Å². The molecular weight excluding hydrogens is 314 g/mol. The van der Waals surface area contributed by atoms with Gasteiger partial charge in [0, 0.05) is 38.3 Å². The smallest absolute Gasteiger partial charge is 0.250 e. The van der Waals surface area contributed by atoms with Crippen molar-refractivity contribution in [2.75, 3.05) is 23.3 Å². The van der Waals surface area contributed by atoms with E-state index in [1.54, 1.807) is 22.9 Å². The second-order valence-corrected chi connectivity index (χ2v) is 6.45. The summed E-state index contributed by atoms with van der Waals surface area (Å²) in [7, 11) is 0. The molecule has 0 unspecified atom stereocenters. The normalized spacial score (nSPS) is 14.8. The molecule has 1 aliphatic heterocycles. The van der Waals surface area contributed by atoms with E-state index in [4.69, 9.17) is 0 Å². The van der Waals surface area contributed by atoms with Crippen LogP contribution >= 0.6 is 0 Å². The summed E-state index contributed by atoms with van der Waals surface area (Å²) in [6.45, 7) is 2.45. The molecule has 1 N–H and O–H groups in total. The highest BCUT2D eigenvalue weighted by atomic mass is 16.1. The Balaban J connectivity index is 1.65. The third kappa shape index (κ3) is 4.72. The van der Waals surface area contributed by atoms with Gasteiger partial charge in [0.25, 0.3) is 5.56 Å². The Morgan fingerprint density at radius 3 is 2.44 bits per heavy atom. The largest absolute Gasteiger partial charge is 0.370 e. The molecular formula is C20H25N3O2. The van der Waals surface area contributed by atoms with Crippen molar-refractivity contribution in [2.45, 2.75) is 38.6 Å². The molecule has 132 valence electrons. The predicted octanol–water partition coefficient (Wildman–Crippen LogP) is 3.26. The van der Waals surface area contributed by atoms with Gasteiger partial charge in [-0.15, -0.1) is 0 Å². The van der Waals surface area contributed by atoms with Gasteiger partial charge in [0.05, 0.1) is 11.4 Å². The molecule has 1 amide bonds. The van der Waals surface area contributed by atoms with Gasteiger partial charge in [0.15, 0.2) is 0 Å². The molecule has 0 bridgehead atoms. The monoisotopic (exact) mass is 339 g/mol. The van der Waals surface area contributed by atoms with Gasteiger partial charge in [-0.3, -0.25) is 9.59 Å². The van der Waals surface area contributed by atoms with E-state index < -0.39 is 0 Å². The van der Waals surface area contributed by atoms with E-state index in [0.717, 1.165) is 24.5 Å². The average molecular weight is 339 g/mol. The van der Waals surface area contributed by atoms with Crippen LogP contribution in [0.25, 0.3) is 0 Å². The van der Waals surface area contributed by atoms with Gasteiger partial charge in [-0.25, -0.2) is 0 Å². The van der Waals surface area contributed by atoms with Crippen molar-refractivity contribution < 1.29 is 4.79 Å². The second kappa shape index (κ2) is 8.51. The van der Waals surface area contributed by atoms with Crippen LogP contribution in [-0.2, 0) is 11.3 Å². The minimum atomic E-state index is -0.0831. The molecule has 1 aromatic heterocycles. The summed E-state index contributed by atoms with van der Waals surface area (Å²) in [4.78, 5) is 26.4. The molecule has 0 atom stereocenters. The number of hydrogen-bond acceptors (Lipinski definition) is 3. The number of aryl methyl sites for hydroxylation is 1. The van der Waals surface area contributed by atoms with Gasteiger partial charge in [0.2, 0.25) is 5.91 Å². The molecule has 0 radical (unpaired) electrons. The molecule has 0 spiro atoms. The molecule has 0 aliphatic carbocycles. The van der Waals surface area contributed by atoms with Crippen molar-refractivity contribution in [3.8, 4) is 0 Å². The highest BCUT2D eigenvalue weighted by molar-refractivity contribution is 5.94. The van der Waals surface area contributed by atoms with Crippen LogP contribution < -0.4 is 15.8 Å². The van der Waals surface area contributed by atoms with Crippen molar-refractivity contribution in [3.63, 3.8) is 0 Å². The SMILES string of the molecule is O=C(CCn1ccccc1=O)Nc1ccccc1N1CCCCCC1. The number of benzene rings is 1. The molecule has 2 aromatic rings. The fourth-order valence-corrected chi connectivity index (χ4v) is 3.25. The maximum absolute atomic E-state index is 12.4. The summed E-state index contributed by atoms with van der Waals surface area (Å²) in [6.07, 6.45) is 6.92. The van der Waals surface area contributed by atoms with Crippen LogP contribution in [0.2, 0.25) is 0 Å². The van der Waals surface area contributed by atoms with E-state index in [2.05, 4.69) is 16.3 Å². The topological polar surface area (TPSA) is 54.3 Å². The zero-order valence-electron chi connectivity index (χ0n) is 14.5. The van der Waals surface area contributed by atoms with Crippen molar-refractivity contribution >= 4 is 17.3 Å². The van der Waals surface area contributed by atoms with Crippen molar-refractivity contribution in [1.29, 1.82) is 0 Å². The molecule has 3 rings (SSSR count). The predicted molar refractivity (Wildman–Crippen MR) is 101 cm³/mol. The van der Waals surface area contributed by atoms with Gasteiger partial charge in [-0.05, 0) is 31.0 Å². The Bertz CT molecular complexity index is 761. The summed E-state index contributed by atoms with van der Waals surface area (Å²) in [5.41, 5.74) is 1.87. The zero-order chi connectivity index (χ0) is 17.5. The summed E-state index contributed by atoms with van der Waals surface area (Å²) in [5.74, 6) is -0.0713. The summed E-state index contributed by atoms with van der Waals surface area (Å²) < 4.78 is 1.56. The molecule has 5 heteroatoms. The van der Waals surface area contributed by atoms with Crippen LogP contribution in [0, 0.1) is 0 Å². The van der Waals surface area contributed by atoms with E-state index in [9.17, 15) is 9.59 Å². The quantitative estimate of drug-likeness (QED) is 0.910. The lowest BCUT2D eigenvalue weighted by Crippen LogP contribution is -2.26.